The van der Waals surface area contributed by atoms with E-state index in [0.717, 1.165) is 18.3 Å². The maximum absolute atomic E-state index is 9.01. The second-order valence-corrected chi connectivity index (χ2v) is 3.94. The number of nitrogens with two attached hydrogens (primary N) is 1. The lowest BCUT2D eigenvalue weighted by Gasteiger charge is -2.08. The van der Waals surface area contributed by atoms with Gasteiger partial charge in [-0.1, -0.05) is 30.0 Å². The Hall–Kier alpha value is -1.69. The van der Waals surface area contributed by atoms with Crippen LogP contribution in [-0.2, 0) is 6.42 Å². The quantitative estimate of drug-likeness (QED) is 0.688. The van der Waals surface area contributed by atoms with Crippen molar-refractivity contribution in [1.82, 2.24) is 0 Å². The molecule has 1 aromatic rings. The Morgan fingerprint density at radius 2 is 2.40 bits per heavy atom. The molecule has 1 heterocycles. The fourth-order valence-corrected chi connectivity index (χ4v) is 2.25. The number of nitriles is 1. The lowest BCUT2D eigenvalue weighted by Crippen LogP contribution is -2.24. The van der Waals surface area contributed by atoms with Gasteiger partial charge in [0.25, 0.3) is 0 Å². The van der Waals surface area contributed by atoms with Crippen LogP contribution in [0.2, 0.25) is 6.32 Å². The monoisotopic (exact) mass is 196 g/mol. The predicted octanol–water partition coefficient (Wildman–Crippen LogP) is 1.33. The molecule has 0 radical (unpaired) electrons. The Balaban J connectivity index is 2.55. The van der Waals surface area contributed by atoms with Crippen LogP contribution in [0, 0.1) is 11.2 Å². The van der Waals surface area contributed by atoms with E-state index in [0.29, 0.717) is 0 Å². The van der Waals surface area contributed by atoms with Crippen LogP contribution < -0.4 is 11.2 Å². The molecule has 0 saturated carbocycles. The van der Waals surface area contributed by atoms with Gasteiger partial charge in [0.05, 0.1) is 0 Å². The number of hydrogen-bond acceptors (Lipinski definition) is 2. The van der Waals surface area contributed by atoms with Gasteiger partial charge in [-0.25, -0.2) is 5.26 Å². The molecule has 0 bridgehead atoms. The maximum atomic E-state index is 9.01. The van der Waals surface area contributed by atoms with Crippen molar-refractivity contribution >= 4 is 17.7 Å². The molecule has 0 fully saturated rings. The van der Waals surface area contributed by atoms with E-state index in [1.807, 2.05) is 13.0 Å². The van der Waals surface area contributed by atoms with E-state index in [2.05, 4.69) is 18.1 Å². The van der Waals surface area contributed by atoms with E-state index in [9.17, 15) is 0 Å². The van der Waals surface area contributed by atoms with Gasteiger partial charge in [-0.2, -0.15) is 0 Å². The number of allylic oxidation sites excluding steroid dienone is 1. The molecule has 0 unspecified atom stereocenters. The molecular weight excluding hydrogens is 183 g/mol. The molecule has 0 aliphatic carbocycles. The Bertz CT molecular complexity index is 457. The Labute approximate surface area is 90.5 Å². The molecule has 0 spiro atoms. The summed E-state index contributed by atoms with van der Waals surface area (Å²) in [5.74, 6) is 2.35. The van der Waals surface area contributed by atoms with E-state index in [-0.39, 0.29) is 6.71 Å². The van der Waals surface area contributed by atoms with Crippen LogP contribution in [0.1, 0.15) is 18.1 Å². The van der Waals surface area contributed by atoms with Crippen molar-refractivity contribution in [1.29, 1.82) is 5.26 Å². The lowest BCUT2D eigenvalue weighted by molar-refractivity contribution is 1.16. The van der Waals surface area contributed by atoms with E-state index >= 15 is 0 Å². The fourth-order valence-electron chi connectivity index (χ4n) is 2.25. The summed E-state index contributed by atoms with van der Waals surface area (Å²) >= 11 is 0. The number of nitrogens with zero attached hydrogens (tertiary/aromatic N) is 1. The first kappa shape index (κ1) is 9.85. The lowest BCUT2D eigenvalue weighted by atomic mass is 9.47. The highest BCUT2D eigenvalue weighted by molar-refractivity contribution is 6.81. The van der Waals surface area contributed by atoms with Crippen molar-refractivity contribution < 1.29 is 0 Å². The normalized spacial score (nSPS) is 14.9. The molecule has 1 aliphatic rings. The molecule has 1 aromatic carbocycles. The number of rotatable bonds is 1. The molecule has 1 aliphatic heterocycles. The minimum atomic E-state index is 0.0746. The van der Waals surface area contributed by atoms with E-state index < -0.39 is 0 Å². The molecule has 3 heteroatoms. The average Bonchev–Trinajstić information content (AvgIpc) is 2.70. The van der Waals surface area contributed by atoms with Gasteiger partial charge < -0.3 is 5.73 Å². The van der Waals surface area contributed by atoms with Crippen molar-refractivity contribution in [2.24, 2.45) is 5.73 Å². The topological polar surface area (TPSA) is 49.8 Å². The summed E-state index contributed by atoms with van der Waals surface area (Å²) in [5, 5.41) is 9.01. The van der Waals surface area contributed by atoms with Gasteiger partial charge in [-0.3, -0.25) is 0 Å². The molecule has 2 rings (SSSR count). The fraction of sp³-hybridized carbons (Fsp3) is 0.250. The summed E-state index contributed by atoms with van der Waals surface area (Å²) in [5.41, 5.74) is 10.3. The summed E-state index contributed by atoms with van der Waals surface area (Å²) in [6.45, 7) is 2.08. The maximum Gasteiger partial charge on any atom is 0.300 e. The molecule has 0 amide bonds. The zero-order valence-corrected chi connectivity index (χ0v) is 8.83. The van der Waals surface area contributed by atoms with Gasteiger partial charge in [-0.05, 0) is 36.2 Å². The minimum absolute atomic E-state index is 0.0746. The van der Waals surface area contributed by atoms with E-state index in [1.165, 1.54) is 16.6 Å². The van der Waals surface area contributed by atoms with Crippen LogP contribution >= 0.6 is 0 Å². The molecular formula is C12H13BN2. The van der Waals surface area contributed by atoms with Gasteiger partial charge in [0.2, 0.25) is 0 Å². The van der Waals surface area contributed by atoms with E-state index in [1.54, 1.807) is 6.20 Å². The SMILES string of the molecule is C/C(=C\N)c1cccc2c1CCB2C#N. The van der Waals surface area contributed by atoms with Gasteiger partial charge in [0, 0.05) is 5.97 Å². The van der Waals surface area contributed by atoms with Crippen molar-refractivity contribution in [2.75, 3.05) is 0 Å². The molecule has 15 heavy (non-hydrogen) atoms. The van der Waals surface area contributed by atoms with Crippen LogP contribution in [0.25, 0.3) is 5.57 Å². The summed E-state index contributed by atoms with van der Waals surface area (Å²) in [4.78, 5) is 0. The number of fused-ring (bicyclic) bond motifs is 1. The van der Waals surface area contributed by atoms with Gasteiger partial charge in [-0.15, -0.1) is 0 Å². The smallest absolute Gasteiger partial charge is 0.300 e. The first-order valence-electron chi connectivity index (χ1n) is 5.18. The third-order valence-electron chi connectivity index (χ3n) is 3.10. The largest absolute Gasteiger partial charge is 0.404 e. The van der Waals surface area contributed by atoms with E-state index in [4.69, 9.17) is 11.0 Å². The summed E-state index contributed by atoms with van der Waals surface area (Å²) in [7, 11) is 0. The zero-order valence-electron chi connectivity index (χ0n) is 8.83. The van der Waals surface area contributed by atoms with Crippen LogP contribution in [0.15, 0.2) is 24.4 Å². The highest BCUT2D eigenvalue weighted by Gasteiger charge is 2.28. The van der Waals surface area contributed by atoms with Crippen molar-refractivity contribution in [3.05, 3.63) is 35.5 Å². The van der Waals surface area contributed by atoms with Crippen molar-refractivity contribution in [3.63, 3.8) is 0 Å². The highest BCUT2D eigenvalue weighted by atomic mass is 14.5. The van der Waals surface area contributed by atoms with Crippen LogP contribution in [0.4, 0.5) is 0 Å². The Kier molecular flexibility index (Phi) is 2.51. The molecule has 0 aromatic heterocycles. The average molecular weight is 196 g/mol. The first-order chi connectivity index (χ1) is 7.27. The summed E-state index contributed by atoms with van der Waals surface area (Å²) < 4.78 is 0. The Morgan fingerprint density at radius 3 is 3.07 bits per heavy atom. The third kappa shape index (κ3) is 1.52. The number of benzene rings is 1. The molecule has 2 nitrogen and oxygen atoms in total. The highest BCUT2D eigenvalue weighted by Crippen LogP contribution is 2.23. The second-order valence-electron chi connectivity index (χ2n) is 3.94. The molecule has 0 atom stereocenters. The minimum Gasteiger partial charge on any atom is -0.404 e. The number of hydrogen-bond donors (Lipinski definition) is 1. The van der Waals surface area contributed by atoms with Gasteiger partial charge >= 0.3 is 6.71 Å². The van der Waals surface area contributed by atoms with Crippen LogP contribution in [0.3, 0.4) is 0 Å². The summed E-state index contributed by atoms with van der Waals surface area (Å²) in [6.07, 6.45) is 3.57. The van der Waals surface area contributed by atoms with Gasteiger partial charge in [0.15, 0.2) is 0 Å². The standard InChI is InChI=1S/C12H13BN2/c1-9(7-14)10-3-2-4-12-11(10)5-6-13(12)8-15/h2-4,7H,5-6,14H2,1H3/b9-7+. The Morgan fingerprint density at radius 1 is 1.60 bits per heavy atom. The second kappa shape index (κ2) is 3.82. The van der Waals surface area contributed by atoms with Crippen LogP contribution in [-0.4, -0.2) is 6.71 Å². The van der Waals surface area contributed by atoms with Crippen LogP contribution in [0.5, 0.6) is 0 Å². The van der Waals surface area contributed by atoms with Gasteiger partial charge in [0.1, 0.15) is 0 Å². The molecule has 0 saturated heterocycles. The molecule has 74 valence electrons. The third-order valence-corrected chi connectivity index (χ3v) is 3.10. The van der Waals surface area contributed by atoms with Crippen molar-refractivity contribution in [2.45, 2.75) is 19.7 Å². The van der Waals surface area contributed by atoms with Crippen molar-refractivity contribution in [3.8, 4) is 5.97 Å². The molecule has 2 N–H and O–H groups in total. The first-order valence-corrected chi connectivity index (χ1v) is 5.18. The predicted molar refractivity (Wildman–Crippen MR) is 63.8 cm³/mol. The zero-order chi connectivity index (χ0) is 10.8. The summed E-state index contributed by atoms with van der Waals surface area (Å²) in [6, 6.07) is 6.15.